The van der Waals surface area contributed by atoms with Crippen LogP contribution in [0, 0.1) is 13.8 Å². The van der Waals surface area contributed by atoms with Crippen LogP contribution in [-0.2, 0) is 21.5 Å². The monoisotopic (exact) mass is 454 g/mol. The van der Waals surface area contributed by atoms with Crippen molar-refractivity contribution in [2.24, 2.45) is 0 Å². The van der Waals surface area contributed by atoms with E-state index in [1.54, 1.807) is 12.3 Å². The van der Waals surface area contributed by atoms with E-state index < -0.39 is 17.7 Å². The van der Waals surface area contributed by atoms with Gasteiger partial charge < -0.3 is 10.0 Å². The molecule has 5 nitrogen and oxygen atoms in total. The number of likely N-dealkylation sites (tertiary alicyclic amines) is 1. The molecule has 1 fully saturated rings. The smallest absolute Gasteiger partial charge is 0.296 e. The van der Waals surface area contributed by atoms with Crippen LogP contribution in [0.15, 0.2) is 72.4 Å². The Balaban J connectivity index is 1.93. The number of carbonyl (C=O) groups is 2. The normalized spacial score (nSPS) is 17.9. The van der Waals surface area contributed by atoms with Gasteiger partial charge in [0.15, 0.2) is 0 Å². The van der Waals surface area contributed by atoms with E-state index in [1.165, 1.54) is 4.90 Å². The Morgan fingerprint density at radius 1 is 0.971 bits per heavy atom. The highest BCUT2D eigenvalue weighted by Crippen LogP contribution is 2.42. The average molecular weight is 455 g/mol. The Hall–Kier alpha value is -3.73. The van der Waals surface area contributed by atoms with Gasteiger partial charge in [0.25, 0.3) is 11.7 Å². The number of aryl methyl sites for hydroxylation is 2. The maximum Gasteiger partial charge on any atom is 0.296 e. The molecule has 5 heteroatoms. The molecule has 3 aromatic rings. The molecule has 1 amide bonds. The predicted molar refractivity (Wildman–Crippen MR) is 133 cm³/mol. The lowest BCUT2D eigenvalue weighted by Gasteiger charge is -2.26. The molecule has 1 aromatic heterocycles. The first-order valence-corrected chi connectivity index (χ1v) is 11.4. The standard InChI is InChI=1S/C29H30N2O3/c1-18-10-6-7-12-22(18)25-24(26(32)23-16-20(29(3,4)5)14-13-19(23)2)27(33)28(34)31(25)17-21-11-8-9-15-30-21/h6-16,25,32H,17H2,1-5H3/b26-24+. The van der Waals surface area contributed by atoms with E-state index in [2.05, 4.69) is 25.8 Å². The molecule has 2 heterocycles. The Labute approximate surface area is 200 Å². The largest absolute Gasteiger partial charge is 0.507 e. The van der Waals surface area contributed by atoms with Crippen LogP contribution in [0.2, 0.25) is 0 Å². The van der Waals surface area contributed by atoms with Gasteiger partial charge in [0, 0.05) is 11.8 Å². The van der Waals surface area contributed by atoms with Crippen LogP contribution in [0.25, 0.3) is 5.76 Å². The molecule has 0 saturated carbocycles. The van der Waals surface area contributed by atoms with Crippen molar-refractivity contribution in [2.75, 3.05) is 0 Å². The molecular weight excluding hydrogens is 424 g/mol. The van der Waals surface area contributed by atoms with Crippen LogP contribution < -0.4 is 0 Å². The number of hydrogen-bond acceptors (Lipinski definition) is 4. The third kappa shape index (κ3) is 4.26. The summed E-state index contributed by atoms with van der Waals surface area (Å²) in [5.41, 5.74) is 4.85. The number of pyridine rings is 1. The Morgan fingerprint density at radius 2 is 1.68 bits per heavy atom. The van der Waals surface area contributed by atoms with Crippen molar-refractivity contribution in [3.05, 3.63) is 106 Å². The molecule has 1 unspecified atom stereocenters. The second-order valence-corrected chi connectivity index (χ2v) is 9.88. The van der Waals surface area contributed by atoms with Crippen LogP contribution >= 0.6 is 0 Å². The number of ketones is 1. The molecule has 0 spiro atoms. The summed E-state index contributed by atoms with van der Waals surface area (Å²) in [6, 6.07) is 18.3. The second kappa shape index (κ2) is 8.90. The second-order valence-electron chi connectivity index (χ2n) is 9.88. The Kier molecular flexibility index (Phi) is 6.13. The molecule has 34 heavy (non-hydrogen) atoms. The first kappa shape index (κ1) is 23.4. The third-order valence-corrected chi connectivity index (χ3v) is 6.44. The maximum atomic E-state index is 13.4. The van der Waals surface area contributed by atoms with Crippen LogP contribution in [0.5, 0.6) is 0 Å². The van der Waals surface area contributed by atoms with Crippen molar-refractivity contribution in [1.82, 2.24) is 9.88 Å². The fraction of sp³-hybridized carbons (Fsp3) is 0.276. The topological polar surface area (TPSA) is 70.5 Å². The lowest BCUT2D eigenvalue weighted by molar-refractivity contribution is -0.140. The lowest BCUT2D eigenvalue weighted by atomic mass is 9.84. The Bertz CT molecular complexity index is 1290. The number of aromatic nitrogens is 1. The van der Waals surface area contributed by atoms with E-state index in [0.29, 0.717) is 11.3 Å². The zero-order chi connectivity index (χ0) is 24.6. The van der Waals surface area contributed by atoms with Crippen molar-refractivity contribution in [1.29, 1.82) is 0 Å². The zero-order valence-electron chi connectivity index (χ0n) is 20.3. The van der Waals surface area contributed by atoms with Crippen LogP contribution in [0.3, 0.4) is 0 Å². The van der Waals surface area contributed by atoms with Crippen LogP contribution in [-0.4, -0.2) is 26.7 Å². The van der Waals surface area contributed by atoms with Crippen molar-refractivity contribution in [3.8, 4) is 0 Å². The number of aliphatic hydroxyl groups excluding tert-OH is 1. The minimum absolute atomic E-state index is 0.115. The minimum Gasteiger partial charge on any atom is -0.507 e. The fourth-order valence-corrected chi connectivity index (χ4v) is 4.41. The summed E-state index contributed by atoms with van der Waals surface area (Å²) in [6.45, 7) is 10.3. The summed E-state index contributed by atoms with van der Waals surface area (Å²) in [7, 11) is 0. The molecule has 0 radical (unpaired) electrons. The van der Waals surface area contributed by atoms with E-state index >= 15 is 0 Å². The van der Waals surface area contributed by atoms with Gasteiger partial charge in [-0.2, -0.15) is 0 Å². The quantitative estimate of drug-likeness (QED) is 0.316. The minimum atomic E-state index is -0.708. The van der Waals surface area contributed by atoms with Crippen LogP contribution in [0.1, 0.15) is 60.3 Å². The highest BCUT2D eigenvalue weighted by molar-refractivity contribution is 6.46. The number of rotatable bonds is 4. The van der Waals surface area contributed by atoms with Gasteiger partial charge in [0.1, 0.15) is 5.76 Å². The summed E-state index contributed by atoms with van der Waals surface area (Å²) in [4.78, 5) is 32.5. The van der Waals surface area contributed by atoms with E-state index in [4.69, 9.17) is 0 Å². The molecule has 1 atom stereocenters. The molecule has 174 valence electrons. The lowest BCUT2D eigenvalue weighted by Crippen LogP contribution is -2.29. The number of carbonyl (C=O) groups excluding carboxylic acids is 2. The van der Waals surface area contributed by atoms with Gasteiger partial charge in [-0.05, 0) is 59.7 Å². The maximum absolute atomic E-state index is 13.4. The molecular formula is C29H30N2O3. The van der Waals surface area contributed by atoms with Crippen molar-refractivity contribution in [2.45, 2.75) is 52.6 Å². The highest BCUT2D eigenvalue weighted by Gasteiger charge is 2.46. The van der Waals surface area contributed by atoms with Gasteiger partial charge in [-0.3, -0.25) is 14.6 Å². The number of amides is 1. The molecule has 1 N–H and O–H groups in total. The first-order chi connectivity index (χ1) is 16.1. The average Bonchev–Trinajstić information content (AvgIpc) is 3.04. The SMILES string of the molecule is Cc1ccc(C(C)(C)C)cc1/C(O)=C1\C(=O)C(=O)N(Cc2ccccn2)C1c1ccccc1C. The summed E-state index contributed by atoms with van der Waals surface area (Å²) in [5.74, 6) is -1.45. The molecule has 1 aliphatic rings. The van der Waals surface area contributed by atoms with Gasteiger partial charge in [0.2, 0.25) is 0 Å². The first-order valence-electron chi connectivity index (χ1n) is 11.4. The number of aliphatic hydroxyl groups is 1. The summed E-state index contributed by atoms with van der Waals surface area (Å²) >= 11 is 0. The van der Waals surface area contributed by atoms with Gasteiger partial charge in [-0.15, -0.1) is 0 Å². The number of nitrogens with zero attached hydrogens (tertiary/aromatic N) is 2. The van der Waals surface area contributed by atoms with Gasteiger partial charge in [0.05, 0.1) is 23.9 Å². The van der Waals surface area contributed by atoms with Crippen LogP contribution in [0.4, 0.5) is 0 Å². The van der Waals surface area contributed by atoms with E-state index in [0.717, 1.165) is 22.3 Å². The number of benzene rings is 2. The molecule has 2 aromatic carbocycles. The third-order valence-electron chi connectivity index (χ3n) is 6.44. The molecule has 0 aliphatic carbocycles. The summed E-state index contributed by atoms with van der Waals surface area (Å²) in [6.07, 6.45) is 1.66. The molecule has 0 bridgehead atoms. The number of hydrogen-bond donors (Lipinski definition) is 1. The zero-order valence-corrected chi connectivity index (χ0v) is 20.3. The summed E-state index contributed by atoms with van der Waals surface area (Å²) < 4.78 is 0. The van der Waals surface area contributed by atoms with Gasteiger partial charge >= 0.3 is 0 Å². The molecule has 1 aliphatic heterocycles. The van der Waals surface area contributed by atoms with E-state index in [9.17, 15) is 14.7 Å². The van der Waals surface area contributed by atoms with E-state index in [1.807, 2.05) is 68.4 Å². The van der Waals surface area contributed by atoms with Crippen molar-refractivity contribution >= 4 is 17.4 Å². The Morgan fingerprint density at radius 3 is 2.32 bits per heavy atom. The highest BCUT2D eigenvalue weighted by atomic mass is 16.3. The van der Waals surface area contributed by atoms with Crippen molar-refractivity contribution < 1.29 is 14.7 Å². The predicted octanol–water partition coefficient (Wildman–Crippen LogP) is 5.62. The van der Waals surface area contributed by atoms with Gasteiger partial charge in [-0.1, -0.05) is 63.2 Å². The van der Waals surface area contributed by atoms with Crippen molar-refractivity contribution in [3.63, 3.8) is 0 Å². The molecule has 1 saturated heterocycles. The van der Waals surface area contributed by atoms with Gasteiger partial charge in [-0.25, -0.2) is 0 Å². The summed E-state index contributed by atoms with van der Waals surface area (Å²) in [5, 5.41) is 11.6. The fourth-order valence-electron chi connectivity index (χ4n) is 4.41. The number of Topliss-reactive ketones (excluding diaryl/α,β-unsaturated/α-hetero) is 1. The van der Waals surface area contributed by atoms with E-state index in [-0.39, 0.29) is 23.3 Å². The molecule has 4 rings (SSSR count).